The number of hydrogen-bond acceptors (Lipinski definition) is 4. The van der Waals surface area contributed by atoms with Gasteiger partial charge in [0.25, 0.3) is 0 Å². The molecule has 1 aromatic heterocycles. The molecule has 0 amide bonds. The molecule has 2 aliphatic rings. The van der Waals surface area contributed by atoms with E-state index in [-0.39, 0.29) is 0 Å². The van der Waals surface area contributed by atoms with E-state index in [4.69, 9.17) is 0 Å². The van der Waals surface area contributed by atoms with Gasteiger partial charge in [-0.3, -0.25) is 0 Å². The van der Waals surface area contributed by atoms with Gasteiger partial charge in [-0.1, -0.05) is 0 Å². The molecule has 4 nitrogen and oxygen atoms in total. The summed E-state index contributed by atoms with van der Waals surface area (Å²) in [6, 6.07) is 2.86. The molecule has 98 valence electrons. The van der Waals surface area contributed by atoms with E-state index in [9.17, 15) is 0 Å². The topological polar surface area (TPSA) is 41.1 Å². The summed E-state index contributed by atoms with van der Waals surface area (Å²) in [5.74, 6) is 2.80. The lowest BCUT2D eigenvalue weighted by Gasteiger charge is -2.24. The van der Waals surface area contributed by atoms with E-state index < -0.39 is 0 Å². The molecule has 0 atom stereocenters. The number of anilines is 2. The Kier molecular flexibility index (Phi) is 3.10. The summed E-state index contributed by atoms with van der Waals surface area (Å²) in [6.07, 6.45) is 5.44. The Morgan fingerprint density at radius 2 is 2.06 bits per heavy atom. The first-order valence-electron chi connectivity index (χ1n) is 7.12. The maximum absolute atomic E-state index is 4.67. The third-order valence-electron chi connectivity index (χ3n) is 3.61. The fraction of sp³-hybridized carbons (Fsp3) is 0.714. The molecule has 0 unspecified atom stereocenters. The molecular formula is C14H22N4. The van der Waals surface area contributed by atoms with Crippen LogP contribution in [0.4, 0.5) is 11.8 Å². The number of aryl methyl sites for hydroxylation is 1. The SMILES string of the molecule is CCNc1nc(C)cc(N(CC2CC2)C2CC2)n1. The second-order valence-corrected chi connectivity index (χ2v) is 5.55. The van der Waals surface area contributed by atoms with Crippen LogP contribution in [0.25, 0.3) is 0 Å². The highest BCUT2D eigenvalue weighted by Gasteiger charge is 2.34. The molecule has 1 N–H and O–H groups in total. The predicted octanol–water partition coefficient (Wildman–Crippen LogP) is 2.60. The summed E-state index contributed by atoms with van der Waals surface area (Å²) in [5.41, 5.74) is 1.05. The van der Waals surface area contributed by atoms with Gasteiger partial charge in [-0.15, -0.1) is 0 Å². The zero-order valence-corrected chi connectivity index (χ0v) is 11.3. The first-order chi connectivity index (χ1) is 8.76. The Labute approximate surface area is 109 Å². The van der Waals surface area contributed by atoms with Gasteiger partial charge in [0.1, 0.15) is 5.82 Å². The monoisotopic (exact) mass is 246 g/mol. The van der Waals surface area contributed by atoms with Crippen molar-refractivity contribution < 1.29 is 0 Å². The zero-order valence-electron chi connectivity index (χ0n) is 11.3. The second-order valence-electron chi connectivity index (χ2n) is 5.55. The highest BCUT2D eigenvalue weighted by atomic mass is 15.3. The van der Waals surface area contributed by atoms with Crippen LogP contribution >= 0.6 is 0 Å². The van der Waals surface area contributed by atoms with E-state index in [1.165, 1.54) is 32.2 Å². The first kappa shape index (κ1) is 11.8. The standard InChI is InChI=1S/C14H22N4/c1-3-15-14-16-10(2)8-13(17-14)18(12-6-7-12)9-11-4-5-11/h8,11-12H,3-7,9H2,1-2H3,(H,15,16,17). The highest BCUT2D eigenvalue weighted by molar-refractivity contribution is 5.47. The van der Waals surface area contributed by atoms with E-state index in [1.54, 1.807) is 0 Å². The van der Waals surface area contributed by atoms with Gasteiger partial charge in [-0.05, 0) is 45.4 Å². The lowest BCUT2D eigenvalue weighted by atomic mass is 10.3. The van der Waals surface area contributed by atoms with Crippen LogP contribution in [0, 0.1) is 12.8 Å². The summed E-state index contributed by atoms with van der Waals surface area (Å²) < 4.78 is 0. The molecule has 0 radical (unpaired) electrons. The Balaban J connectivity index is 1.82. The van der Waals surface area contributed by atoms with Crippen molar-refractivity contribution in [2.45, 2.75) is 45.6 Å². The van der Waals surface area contributed by atoms with Crippen LogP contribution in [0.5, 0.6) is 0 Å². The summed E-state index contributed by atoms with van der Waals surface area (Å²) in [6.45, 7) is 6.18. The fourth-order valence-corrected chi connectivity index (χ4v) is 2.33. The van der Waals surface area contributed by atoms with Gasteiger partial charge in [0.2, 0.25) is 5.95 Å². The number of rotatable bonds is 6. The molecule has 0 saturated heterocycles. The van der Waals surface area contributed by atoms with Crippen molar-refractivity contribution in [3.63, 3.8) is 0 Å². The minimum atomic E-state index is 0.731. The van der Waals surface area contributed by atoms with Crippen molar-refractivity contribution >= 4 is 11.8 Å². The van der Waals surface area contributed by atoms with Crippen molar-refractivity contribution in [1.82, 2.24) is 9.97 Å². The Morgan fingerprint density at radius 3 is 2.67 bits per heavy atom. The van der Waals surface area contributed by atoms with E-state index in [2.05, 4.69) is 33.2 Å². The number of hydrogen-bond donors (Lipinski definition) is 1. The van der Waals surface area contributed by atoms with Gasteiger partial charge in [0.05, 0.1) is 0 Å². The van der Waals surface area contributed by atoms with Crippen LogP contribution in [-0.4, -0.2) is 29.1 Å². The Bertz CT molecular complexity index is 424. The van der Waals surface area contributed by atoms with Crippen molar-refractivity contribution in [3.05, 3.63) is 11.8 Å². The summed E-state index contributed by atoms with van der Waals surface area (Å²) in [7, 11) is 0. The third-order valence-corrected chi connectivity index (χ3v) is 3.61. The largest absolute Gasteiger partial charge is 0.354 e. The Morgan fingerprint density at radius 1 is 1.28 bits per heavy atom. The van der Waals surface area contributed by atoms with E-state index in [0.717, 1.165) is 36.0 Å². The highest BCUT2D eigenvalue weighted by Crippen LogP contribution is 2.37. The summed E-state index contributed by atoms with van der Waals surface area (Å²) >= 11 is 0. The molecule has 0 spiro atoms. The third kappa shape index (κ3) is 2.74. The van der Waals surface area contributed by atoms with Crippen LogP contribution in [0.15, 0.2) is 6.07 Å². The quantitative estimate of drug-likeness (QED) is 0.837. The van der Waals surface area contributed by atoms with Crippen LogP contribution in [-0.2, 0) is 0 Å². The first-order valence-corrected chi connectivity index (χ1v) is 7.12. The molecule has 2 saturated carbocycles. The van der Waals surface area contributed by atoms with Gasteiger partial charge >= 0.3 is 0 Å². The molecule has 18 heavy (non-hydrogen) atoms. The minimum Gasteiger partial charge on any atom is -0.354 e. The van der Waals surface area contributed by atoms with Crippen molar-refractivity contribution in [1.29, 1.82) is 0 Å². The van der Waals surface area contributed by atoms with Gasteiger partial charge in [0.15, 0.2) is 0 Å². The van der Waals surface area contributed by atoms with Gasteiger partial charge in [-0.25, -0.2) is 4.98 Å². The maximum Gasteiger partial charge on any atom is 0.224 e. The van der Waals surface area contributed by atoms with Crippen LogP contribution in [0.2, 0.25) is 0 Å². The molecule has 0 aromatic carbocycles. The molecule has 2 fully saturated rings. The number of nitrogens with one attached hydrogen (secondary N) is 1. The van der Waals surface area contributed by atoms with E-state index >= 15 is 0 Å². The second kappa shape index (κ2) is 4.75. The average Bonchev–Trinajstić information content (AvgIpc) is 3.19. The Hall–Kier alpha value is -1.32. The summed E-state index contributed by atoms with van der Waals surface area (Å²) in [5, 5.41) is 3.22. The maximum atomic E-state index is 4.67. The molecule has 1 heterocycles. The number of aromatic nitrogens is 2. The van der Waals surface area contributed by atoms with Crippen molar-refractivity contribution in [2.24, 2.45) is 5.92 Å². The van der Waals surface area contributed by atoms with Crippen molar-refractivity contribution in [3.8, 4) is 0 Å². The van der Waals surface area contributed by atoms with Gasteiger partial charge in [-0.2, -0.15) is 4.98 Å². The molecule has 1 aromatic rings. The van der Waals surface area contributed by atoms with E-state index in [0.29, 0.717) is 0 Å². The molecule has 0 bridgehead atoms. The average molecular weight is 246 g/mol. The predicted molar refractivity (Wildman–Crippen MR) is 74.0 cm³/mol. The smallest absolute Gasteiger partial charge is 0.224 e. The van der Waals surface area contributed by atoms with E-state index in [1.807, 2.05) is 6.92 Å². The molecule has 2 aliphatic carbocycles. The molecule has 3 rings (SSSR count). The fourth-order valence-electron chi connectivity index (χ4n) is 2.33. The zero-order chi connectivity index (χ0) is 12.5. The normalized spacial score (nSPS) is 18.8. The number of nitrogens with zero attached hydrogens (tertiary/aromatic N) is 3. The molecule has 0 aliphatic heterocycles. The van der Waals surface area contributed by atoms with Crippen LogP contribution < -0.4 is 10.2 Å². The lowest BCUT2D eigenvalue weighted by molar-refractivity contribution is 0.707. The lowest BCUT2D eigenvalue weighted by Crippen LogP contribution is -2.29. The van der Waals surface area contributed by atoms with Crippen LogP contribution in [0.1, 0.15) is 38.3 Å². The van der Waals surface area contributed by atoms with Crippen LogP contribution in [0.3, 0.4) is 0 Å². The summed E-state index contributed by atoms with van der Waals surface area (Å²) in [4.78, 5) is 11.6. The molecular weight excluding hydrogens is 224 g/mol. The molecule has 4 heteroatoms. The van der Waals surface area contributed by atoms with Gasteiger partial charge in [0, 0.05) is 30.9 Å². The van der Waals surface area contributed by atoms with Gasteiger partial charge < -0.3 is 10.2 Å². The minimum absolute atomic E-state index is 0.731. The van der Waals surface area contributed by atoms with Crippen molar-refractivity contribution in [2.75, 3.05) is 23.3 Å².